The standard InChI is InChI=1S/C12H19N3O2S.2ClH/c1-7-6-14-12(18-7)8(2)15-11(16)10-4-3-9(5-13)17-10;;/h6,8-10H,3-5,13H2,1-2H3,(H,15,16);2*1H/t8?,9-,10+;;/m1../s1. The summed E-state index contributed by atoms with van der Waals surface area (Å²) in [5.74, 6) is -0.0636. The molecule has 0 aliphatic carbocycles. The number of carbonyl (C=O) groups excluding carboxylic acids is 1. The molecule has 1 aliphatic rings. The molecule has 1 aromatic heterocycles. The third-order valence-electron chi connectivity index (χ3n) is 3.03. The Bertz CT molecular complexity index is 431. The minimum Gasteiger partial charge on any atom is -0.364 e. The van der Waals surface area contributed by atoms with Gasteiger partial charge in [-0.2, -0.15) is 0 Å². The molecular weight excluding hydrogens is 321 g/mol. The first kappa shape index (κ1) is 19.6. The average Bonchev–Trinajstić information content (AvgIpc) is 2.97. The first-order chi connectivity index (χ1) is 8.60. The van der Waals surface area contributed by atoms with E-state index in [1.165, 1.54) is 0 Å². The SMILES string of the molecule is Cc1cnc(C(C)NC(=O)[C@@H]2CC[C@H](CN)O2)s1.Cl.Cl. The van der Waals surface area contributed by atoms with Gasteiger partial charge in [0.25, 0.3) is 0 Å². The number of halogens is 2. The Labute approximate surface area is 135 Å². The number of hydrogen-bond acceptors (Lipinski definition) is 5. The van der Waals surface area contributed by atoms with Crippen LogP contribution in [0.4, 0.5) is 0 Å². The fraction of sp³-hybridized carbons (Fsp3) is 0.667. The highest BCUT2D eigenvalue weighted by atomic mass is 35.5. The maximum absolute atomic E-state index is 12.0. The number of rotatable bonds is 4. The van der Waals surface area contributed by atoms with Crippen molar-refractivity contribution in [2.75, 3.05) is 6.54 Å². The zero-order valence-corrected chi connectivity index (χ0v) is 13.9. The normalized spacial score (nSPS) is 22.6. The second kappa shape index (κ2) is 8.79. The van der Waals surface area contributed by atoms with Crippen molar-refractivity contribution in [3.63, 3.8) is 0 Å². The van der Waals surface area contributed by atoms with Crippen LogP contribution in [0.5, 0.6) is 0 Å². The highest BCUT2D eigenvalue weighted by Gasteiger charge is 2.30. The summed E-state index contributed by atoms with van der Waals surface area (Å²) in [5, 5.41) is 3.86. The Morgan fingerprint density at radius 3 is 2.80 bits per heavy atom. The topological polar surface area (TPSA) is 77.2 Å². The van der Waals surface area contributed by atoms with E-state index in [4.69, 9.17) is 10.5 Å². The van der Waals surface area contributed by atoms with Gasteiger partial charge in [-0.3, -0.25) is 4.79 Å². The Morgan fingerprint density at radius 1 is 1.60 bits per heavy atom. The Morgan fingerprint density at radius 2 is 2.30 bits per heavy atom. The molecule has 1 fully saturated rings. The Balaban J connectivity index is 0.00000180. The molecule has 3 atom stereocenters. The van der Waals surface area contributed by atoms with Crippen molar-refractivity contribution in [2.24, 2.45) is 5.73 Å². The van der Waals surface area contributed by atoms with Gasteiger partial charge in [-0.25, -0.2) is 4.98 Å². The molecule has 1 unspecified atom stereocenters. The highest BCUT2D eigenvalue weighted by molar-refractivity contribution is 7.11. The summed E-state index contributed by atoms with van der Waals surface area (Å²) in [7, 11) is 0. The third-order valence-corrected chi connectivity index (χ3v) is 4.13. The van der Waals surface area contributed by atoms with Gasteiger partial charge < -0.3 is 15.8 Å². The quantitative estimate of drug-likeness (QED) is 0.877. The molecule has 1 amide bonds. The molecule has 2 rings (SSSR count). The fourth-order valence-corrected chi connectivity index (χ4v) is 2.79. The summed E-state index contributed by atoms with van der Waals surface area (Å²) in [6.07, 6.45) is 3.09. The van der Waals surface area contributed by atoms with Crippen LogP contribution >= 0.6 is 36.2 Å². The number of amides is 1. The molecule has 0 aromatic carbocycles. The monoisotopic (exact) mass is 341 g/mol. The number of ether oxygens (including phenoxy) is 1. The van der Waals surface area contributed by atoms with Crippen LogP contribution in [0.25, 0.3) is 0 Å². The molecule has 0 bridgehead atoms. The number of nitrogens with two attached hydrogens (primary N) is 1. The van der Waals surface area contributed by atoms with Crippen LogP contribution in [0, 0.1) is 6.92 Å². The number of thiazole rings is 1. The lowest BCUT2D eigenvalue weighted by molar-refractivity contribution is -0.132. The van der Waals surface area contributed by atoms with Gasteiger partial charge in [-0.05, 0) is 26.7 Å². The van der Waals surface area contributed by atoms with E-state index >= 15 is 0 Å². The van der Waals surface area contributed by atoms with E-state index in [0.717, 1.165) is 22.7 Å². The molecule has 1 aromatic rings. The highest BCUT2D eigenvalue weighted by Crippen LogP contribution is 2.22. The summed E-state index contributed by atoms with van der Waals surface area (Å²) in [4.78, 5) is 17.4. The van der Waals surface area contributed by atoms with E-state index in [9.17, 15) is 4.79 Å². The minimum absolute atomic E-state index is 0. The van der Waals surface area contributed by atoms with Crippen LogP contribution in [0.15, 0.2) is 6.20 Å². The zero-order chi connectivity index (χ0) is 13.1. The van der Waals surface area contributed by atoms with Gasteiger partial charge >= 0.3 is 0 Å². The number of carbonyl (C=O) groups is 1. The summed E-state index contributed by atoms with van der Waals surface area (Å²) in [5.41, 5.74) is 5.53. The first-order valence-corrected chi connectivity index (χ1v) is 7.00. The minimum atomic E-state index is -0.359. The van der Waals surface area contributed by atoms with E-state index in [0.29, 0.717) is 6.54 Å². The number of nitrogens with zero attached hydrogens (tertiary/aromatic N) is 1. The Hall–Kier alpha value is -0.400. The number of hydrogen-bond donors (Lipinski definition) is 2. The van der Waals surface area contributed by atoms with Crippen LogP contribution in [0.1, 0.15) is 35.7 Å². The van der Waals surface area contributed by atoms with Gasteiger partial charge in [0.15, 0.2) is 0 Å². The summed E-state index contributed by atoms with van der Waals surface area (Å²) in [6, 6.07) is -0.0725. The third kappa shape index (κ3) is 4.86. The summed E-state index contributed by atoms with van der Waals surface area (Å²) in [6.45, 7) is 4.41. The summed E-state index contributed by atoms with van der Waals surface area (Å²) >= 11 is 1.60. The van der Waals surface area contributed by atoms with Gasteiger partial charge in [0.1, 0.15) is 11.1 Å². The smallest absolute Gasteiger partial charge is 0.249 e. The summed E-state index contributed by atoms with van der Waals surface area (Å²) < 4.78 is 5.56. The van der Waals surface area contributed by atoms with Crippen LogP contribution in [-0.4, -0.2) is 29.6 Å². The van der Waals surface area contributed by atoms with E-state index in [1.807, 2.05) is 20.0 Å². The first-order valence-electron chi connectivity index (χ1n) is 6.18. The second-order valence-corrected chi connectivity index (χ2v) is 5.87. The van der Waals surface area contributed by atoms with Crippen LogP contribution in [-0.2, 0) is 9.53 Å². The lowest BCUT2D eigenvalue weighted by Crippen LogP contribution is -2.36. The fourth-order valence-electron chi connectivity index (χ4n) is 2.01. The van der Waals surface area contributed by atoms with E-state index in [-0.39, 0.29) is 49.0 Å². The van der Waals surface area contributed by atoms with Crippen molar-refractivity contribution in [2.45, 2.75) is 44.9 Å². The van der Waals surface area contributed by atoms with Crippen molar-refractivity contribution in [1.29, 1.82) is 0 Å². The predicted octanol–water partition coefficient (Wildman–Crippen LogP) is 1.98. The molecule has 1 saturated heterocycles. The van der Waals surface area contributed by atoms with Gasteiger partial charge in [-0.1, -0.05) is 0 Å². The molecule has 20 heavy (non-hydrogen) atoms. The second-order valence-electron chi connectivity index (χ2n) is 4.60. The molecule has 0 saturated carbocycles. The molecule has 3 N–H and O–H groups in total. The largest absolute Gasteiger partial charge is 0.364 e. The molecule has 0 radical (unpaired) electrons. The van der Waals surface area contributed by atoms with Crippen molar-refractivity contribution in [3.05, 3.63) is 16.1 Å². The number of aryl methyl sites for hydroxylation is 1. The van der Waals surface area contributed by atoms with Crippen LogP contribution in [0.3, 0.4) is 0 Å². The van der Waals surface area contributed by atoms with Crippen molar-refractivity contribution in [3.8, 4) is 0 Å². The van der Waals surface area contributed by atoms with Crippen LogP contribution in [0.2, 0.25) is 0 Å². The van der Waals surface area contributed by atoms with Crippen molar-refractivity contribution < 1.29 is 9.53 Å². The average molecular weight is 342 g/mol. The van der Waals surface area contributed by atoms with E-state index in [1.54, 1.807) is 11.3 Å². The molecule has 116 valence electrons. The van der Waals surface area contributed by atoms with E-state index in [2.05, 4.69) is 10.3 Å². The molecular formula is C12H21Cl2N3O2S. The van der Waals surface area contributed by atoms with Crippen LogP contribution < -0.4 is 11.1 Å². The lowest BCUT2D eigenvalue weighted by atomic mass is 10.2. The molecule has 0 spiro atoms. The Kier molecular flexibility index (Phi) is 8.62. The van der Waals surface area contributed by atoms with Gasteiger partial charge in [-0.15, -0.1) is 36.2 Å². The maximum Gasteiger partial charge on any atom is 0.249 e. The number of nitrogens with one attached hydrogen (secondary N) is 1. The number of aromatic nitrogens is 1. The molecule has 5 nitrogen and oxygen atoms in total. The van der Waals surface area contributed by atoms with Gasteiger partial charge in [0.2, 0.25) is 5.91 Å². The zero-order valence-electron chi connectivity index (χ0n) is 11.5. The molecule has 8 heteroatoms. The van der Waals surface area contributed by atoms with Crippen molar-refractivity contribution >= 4 is 42.1 Å². The molecule has 2 heterocycles. The van der Waals surface area contributed by atoms with Gasteiger partial charge in [0.05, 0.1) is 12.1 Å². The van der Waals surface area contributed by atoms with Crippen molar-refractivity contribution in [1.82, 2.24) is 10.3 Å². The lowest BCUT2D eigenvalue weighted by Gasteiger charge is -2.16. The van der Waals surface area contributed by atoms with Gasteiger partial charge in [0, 0.05) is 17.6 Å². The maximum atomic E-state index is 12.0. The predicted molar refractivity (Wildman–Crippen MR) is 84.9 cm³/mol. The molecule has 1 aliphatic heterocycles. The van der Waals surface area contributed by atoms with E-state index < -0.39 is 0 Å².